The molecule has 5 nitrogen and oxygen atoms in total. The summed E-state index contributed by atoms with van der Waals surface area (Å²) in [5.74, 6) is 0.124. The average molecular weight is 344 g/mol. The van der Waals surface area contributed by atoms with Crippen molar-refractivity contribution in [3.05, 3.63) is 69.5 Å². The molecular weight excluding hydrogens is 330 g/mol. The van der Waals surface area contributed by atoms with Crippen LogP contribution in [0.15, 0.2) is 57.7 Å². The molecule has 0 saturated heterocycles. The van der Waals surface area contributed by atoms with Gasteiger partial charge in [-0.05, 0) is 42.8 Å². The van der Waals surface area contributed by atoms with Gasteiger partial charge in [0.15, 0.2) is 6.61 Å². The minimum absolute atomic E-state index is 0.173. The molecule has 0 radical (unpaired) electrons. The van der Waals surface area contributed by atoms with E-state index in [9.17, 15) is 9.59 Å². The van der Waals surface area contributed by atoms with Crippen LogP contribution in [-0.4, -0.2) is 12.5 Å². The Kier molecular flexibility index (Phi) is 4.53. The number of hydrogen-bond donors (Lipinski definition) is 1. The van der Waals surface area contributed by atoms with Gasteiger partial charge in [-0.3, -0.25) is 4.79 Å². The van der Waals surface area contributed by atoms with E-state index in [1.165, 1.54) is 6.07 Å². The standard InChI is InChI=1S/C18H14ClNO4/c1-11-2-5-13(8-15(11)19)20-17(21)10-23-14-6-3-12-4-7-18(22)24-16(12)9-14/h2-9H,10H2,1H3,(H,20,21). The lowest BCUT2D eigenvalue weighted by atomic mass is 10.2. The van der Waals surface area contributed by atoms with Gasteiger partial charge in [0.2, 0.25) is 0 Å². The summed E-state index contributed by atoms with van der Waals surface area (Å²) in [6, 6.07) is 13.3. The molecule has 0 aliphatic heterocycles. The Morgan fingerprint density at radius 1 is 1.17 bits per heavy atom. The fourth-order valence-corrected chi connectivity index (χ4v) is 2.33. The molecule has 24 heavy (non-hydrogen) atoms. The number of halogens is 1. The van der Waals surface area contributed by atoms with Crippen molar-refractivity contribution < 1.29 is 13.9 Å². The lowest BCUT2D eigenvalue weighted by Gasteiger charge is -2.09. The minimum Gasteiger partial charge on any atom is -0.484 e. The highest BCUT2D eigenvalue weighted by Gasteiger charge is 2.06. The monoisotopic (exact) mass is 343 g/mol. The van der Waals surface area contributed by atoms with Crippen LogP contribution in [0.1, 0.15) is 5.56 Å². The number of aryl methyl sites for hydroxylation is 1. The predicted octanol–water partition coefficient (Wildman–Crippen LogP) is 3.77. The summed E-state index contributed by atoms with van der Waals surface area (Å²) in [6.45, 7) is 1.71. The van der Waals surface area contributed by atoms with Crippen LogP contribution in [0.25, 0.3) is 11.0 Å². The number of ether oxygens (including phenoxy) is 1. The molecule has 1 aromatic heterocycles. The first-order valence-electron chi connectivity index (χ1n) is 7.24. The minimum atomic E-state index is -0.436. The molecule has 1 heterocycles. The lowest BCUT2D eigenvalue weighted by molar-refractivity contribution is -0.118. The largest absolute Gasteiger partial charge is 0.484 e. The number of anilines is 1. The zero-order chi connectivity index (χ0) is 17.1. The Labute approximate surface area is 142 Å². The van der Waals surface area contributed by atoms with Crippen molar-refractivity contribution in [1.29, 1.82) is 0 Å². The summed E-state index contributed by atoms with van der Waals surface area (Å²) >= 11 is 6.02. The third-order valence-electron chi connectivity index (χ3n) is 3.42. The van der Waals surface area contributed by atoms with Crippen molar-refractivity contribution in [3.63, 3.8) is 0 Å². The third kappa shape index (κ3) is 3.75. The predicted molar refractivity (Wildman–Crippen MR) is 92.8 cm³/mol. The molecule has 2 aromatic carbocycles. The second-order valence-corrected chi connectivity index (χ2v) is 5.66. The zero-order valence-corrected chi connectivity index (χ0v) is 13.6. The first kappa shape index (κ1) is 16.1. The van der Waals surface area contributed by atoms with Crippen molar-refractivity contribution in [1.82, 2.24) is 0 Å². The number of rotatable bonds is 4. The normalized spacial score (nSPS) is 10.6. The Bertz CT molecular complexity index is 965. The van der Waals surface area contributed by atoms with Gasteiger partial charge in [-0.2, -0.15) is 0 Å². The van der Waals surface area contributed by atoms with E-state index in [-0.39, 0.29) is 12.5 Å². The maximum absolute atomic E-state index is 11.9. The number of nitrogens with one attached hydrogen (secondary N) is 1. The van der Waals surface area contributed by atoms with E-state index in [1.54, 1.807) is 36.4 Å². The molecule has 1 N–H and O–H groups in total. The van der Waals surface area contributed by atoms with Crippen LogP contribution in [0, 0.1) is 6.92 Å². The molecule has 0 saturated carbocycles. The van der Waals surface area contributed by atoms with Crippen LogP contribution in [0.5, 0.6) is 5.75 Å². The molecule has 6 heteroatoms. The molecule has 1 amide bonds. The highest BCUT2D eigenvalue weighted by molar-refractivity contribution is 6.31. The Morgan fingerprint density at radius 3 is 2.75 bits per heavy atom. The van der Waals surface area contributed by atoms with Crippen LogP contribution in [0.3, 0.4) is 0 Å². The fraction of sp³-hybridized carbons (Fsp3) is 0.111. The van der Waals surface area contributed by atoms with Crippen LogP contribution < -0.4 is 15.7 Å². The number of benzene rings is 2. The molecule has 0 bridgehead atoms. The van der Waals surface area contributed by atoms with E-state index in [0.717, 1.165) is 10.9 Å². The number of fused-ring (bicyclic) bond motifs is 1. The van der Waals surface area contributed by atoms with E-state index in [1.807, 2.05) is 13.0 Å². The highest BCUT2D eigenvalue weighted by Crippen LogP contribution is 2.21. The molecule has 3 rings (SSSR count). The average Bonchev–Trinajstić information content (AvgIpc) is 2.56. The molecule has 3 aromatic rings. The summed E-state index contributed by atoms with van der Waals surface area (Å²) in [5.41, 5.74) is 1.51. The van der Waals surface area contributed by atoms with Crippen LogP contribution in [0.4, 0.5) is 5.69 Å². The number of hydrogen-bond acceptors (Lipinski definition) is 4. The summed E-state index contributed by atoms with van der Waals surface area (Å²) in [5, 5.41) is 4.06. The number of amides is 1. The molecule has 122 valence electrons. The van der Waals surface area contributed by atoms with E-state index >= 15 is 0 Å². The summed E-state index contributed by atoms with van der Waals surface area (Å²) in [6.07, 6.45) is 0. The van der Waals surface area contributed by atoms with Crippen LogP contribution in [-0.2, 0) is 4.79 Å². The highest BCUT2D eigenvalue weighted by atomic mass is 35.5. The fourth-order valence-electron chi connectivity index (χ4n) is 2.15. The van der Waals surface area contributed by atoms with E-state index in [2.05, 4.69) is 5.32 Å². The SMILES string of the molecule is Cc1ccc(NC(=O)COc2ccc3ccc(=O)oc3c2)cc1Cl. The molecule has 0 aliphatic rings. The third-order valence-corrected chi connectivity index (χ3v) is 3.83. The van der Waals surface area contributed by atoms with Gasteiger partial charge in [0, 0.05) is 28.2 Å². The Morgan fingerprint density at radius 2 is 1.96 bits per heavy atom. The van der Waals surface area contributed by atoms with Gasteiger partial charge in [-0.15, -0.1) is 0 Å². The molecular formula is C18H14ClNO4. The number of carbonyl (C=O) groups is 1. The molecule has 0 spiro atoms. The van der Waals surface area contributed by atoms with Crippen molar-refractivity contribution in [2.24, 2.45) is 0 Å². The first-order valence-corrected chi connectivity index (χ1v) is 7.62. The topological polar surface area (TPSA) is 68.5 Å². The van der Waals surface area contributed by atoms with Crippen molar-refractivity contribution in [3.8, 4) is 5.75 Å². The molecule has 0 aliphatic carbocycles. The van der Waals surface area contributed by atoms with Gasteiger partial charge in [0.25, 0.3) is 5.91 Å². The summed E-state index contributed by atoms with van der Waals surface area (Å²) in [7, 11) is 0. The second-order valence-electron chi connectivity index (χ2n) is 5.25. The van der Waals surface area contributed by atoms with Crippen LogP contribution in [0.2, 0.25) is 5.02 Å². The van der Waals surface area contributed by atoms with E-state index in [0.29, 0.717) is 22.0 Å². The van der Waals surface area contributed by atoms with Crippen LogP contribution >= 0.6 is 11.6 Å². The number of carbonyl (C=O) groups excluding carboxylic acids is 1. The van der Waals surface area contributed by atoms with Crippen molar-refractivity contribution >= 4 is 34.2 Å². The van der Waals surface area contributed by atoms with Gasteiger partial charge in [0.05, 0.1) is 0 Å². The van der Waals surface area contributed by atoms with Gasteiger partial charge in [-0.25, -0.2) is 4.79 Å². The zero-order valence-electron chi connectivity index (χ0n) is 12.8. The van der Waals surface area contributed by atoms with Gasteiger partial charge < -0.3 is 14.5 Å². The van der Waals surface area contributed by atoms with Gasteiger partial charge in [-0.1, -0.05) is 17.7 Å². The lowest BCUT2D eigenvalue weighted by Crippen LogP contribution is -2.20. The quantitative estimate of drug-likeness (QED) is 0.732. The van der Waals surface area contributed by atoms with Crippen molar-refractivity contribution in [2.75, 3.05) is 11.9 Å². The smallest absolute Gasteiger partial charge is 0.336 e. The van der Waals surface area contributed by atoms with Gasteiger partial charge >= 0.3 is 5.63 Å². The van der Waals surface area contributed by atoms with Gasteiger partial charge in [0.1, 0.15) is 11.3 Å². The Balaban J connectivity index is 1.65. The first-order chi connectivity index (χ1) is 11.5. The second kappa shape index (κ2) is 6.76. The molecule has 0 atom stereocenters. The van der Waals surface area contributed by atoms with E-state index < -0.39 is 5.63 Å². The maximum atomic E-state index is 11.9. The van der Waals surface area contributed by atoms with Crippen molar-refractivity contribution in [2.45, 2.75) is 6.92 Å². The van der Waals surface area contributed by atoms with E-state index in [4.69, 9.17) is 20.8 Å². The molecule has 0 unspecified atom stereocenters. The Hall–Kier alpha value is -2.79. The summed E-state index contributed by atoms with van der Waals surface area (Å²) < 4.78 is 10.5. The molecule has 0 fully saturated rings. The maximum Gasteiger partial charge on any atom is 0.336 e. The summed E-state index contributed by atoms with van der Waals surface area (Å²) in [4.78, 5) is 23.2.